The monoisotopic (exact) mass is 375 g/mol. The number of nitrogens with one attached hydrogen (secondary N) is 1. The molecule has 0 aliphatic rings. The van der Waals surface area contributed by atoms with Gasteiger partial charge in [-0.3, -0.25) is 9.59 Å². The van der Waals surface area contributed by atoms with Crippen LogP contribution >= 0.6 is 11.8 Å². The van der Waals surface area contributed by atoms with Crippen LogP contribution in [0.25, 0.3) is 0 Å². The maximum atomic E-state index is 12.6. The molecule has 2 rings (SSSR count). The van der Waals surface area contributed by atoms with Crippen molar-refractivity contribution in [2.45, 2.75) is 39.0 Å². The van der Waals surface area contributed by atoms with Gasteiger partial charge in [-0.1, -0.05) is 42.4 Å². The van der Waals surface area contributed by atoms with Crippen molar-refractivity contribution in [2.75, 3.05) is 17.6 Å². The van der Waals surface area contributed by atoms with E-state index >= 15 is 0 Å². The highest BCUT2D eigenvalue weighted by atomic mass is 32.2. The zero-order valence-corrected chi connectivity index (χ0v) is 16.2. The van der Waals surface area contributed by atoms with Gasteiger partial charge in [0.1, 0.15) is 5.76 Å². The Bertz CT molecular complexity index is 718. The Balaban J connectivity index is 1.84. The number of carbonyl (C=O) groups excluding carboxylic acids is 2. The molecule has 1 atom stereocenters. The number of rotatable bonds is 9. The van der Waals surface area contributed by atoms with E-state index in [0.717, 1.165) is 12.0 Å². The summed E-state index contributed by atoms with van der Waals surface area (Å²) in [6.07, 6.45) is 0.894. The Morgan fingerprint density at radius 3 is 2.65 bits per heavy atom. The van der Waals surface area contributed by atoms with Gasteiger partial charge < -0.3 is 14.7 Å². The van der Waals surface area contributed by atoms with E-state index in [9.17, 15) is 9.59 Å². The zero-order valence-electron chi connectivity index (χ0n) is 15.4. The molecule has 26 heavy (non-hydrogen) atoms. The predicted octanol–water partition coefficient (Wildman–Crippen LogP) is 3.48. The number of hydrogen-bond acceptors (Lipinski definition) is 5. The molecule has 0 unspecified atom stereocenters. The lowest BCUT2D eigenvalue weighted by molar-refractivity contribution is -0.129. The van der Waals surface area contributed by atoms with Crippen LogP contribution in [0.15, 0.2) is 40.9 Å². The first-order valence-corrected chi connectivity index (χ1v) is 9.72. The summed E-state index contributed by atoms with van der Waals surface area (Å²) < 4.78 is 4.93. The average Bonchev–Trinajstić information content (AvgIpc) is 3.04. The van der Waals surface area contributed by atoms with Crippen molar-refractivity contribution in [3.63, 3.8) is 0 Å². The smallest absolute Gasteiger partial charge is 0.238 e. The molecule has 1 aromatic heterocycles. The highest BCUT2D eigenvalue weighted by molar-refractivity contribution is 8.01. The third-order valence-electron chi connectivity index (χ3n) is 3.77. The molecule has 0 saturated heterocycles. The fourth-order valence-corrected chi connectivity index (χ4v) is 3.17. The summed E-state index contributed by atoms with van der Waals surface area (Å²) in [5, 5.41) is 6.07. The molecule has 0 fully saturated rings. The van der Waals surface area contributed by atoms with Gasteiger partial charge in [-0.05, 0) is 25.8 Å². The van der Waals surface area contributed by atoms with Crippen LogP contribution < -0.4 is 5.32 Å². The molecule has 0 bridgehead atoms. The standard InChI is InChI=1S/C19H25N3O3S/c1-4-10-22(12-16-8-6-5-7-9-16)18(23)13-26-15(3)19(24)20-17-11-14(2)25-21-17/h5-9,11,15H,4,10,12-13H2,1-3H3,(H,20,21,24)/t15-/m1/s1. The van der Waals surface area contributed by atoms with E-state index in [1.165, 1.54) is 11.8 Å². The maximum Gasteiger partial charge on any atom is 0.238 e. The van der Waals surface area contributed by atoms with Crippen LogP contribution in [-0.4, -0.2) is 39.4 Å². The Labute approximate surface area is 158 Å². The van der Waals surface area contributed by atoms with Crippen LogP contribution in [0.2, 0.25) is 0 Å². The number of carbonyl (C=O) groups is 2. The highest BCUT2D eigenvalue weighted by Gasteiger charge is 2.19. The predicted molar refractivity (Wildman–Crippen MR) is 104 cm³/mol. The summed E-state index contributed by atoms with van der Waals surface area (Å²) in [4.78, 5) is 26.6. The normalized spacial score (nSPS) is 11.8. The van der Waals surface area contributed by atoms with Gasteiger partial charge in [-0.15, -0.1) is 11.8 Å². The van der Waals surface area contributed by atoms with Gasteiger partial charge in [0.2, 0.25) is 11.8 Å². The van der Waals surface area contributed by atoms with Crippen molar-refractivity contribution < 1.29 is 14.1 Å². The molecule has 0 aliphatic carbocycles. The quantitative estimate of drug-likeness (QED) is 0.726. The Morgan fingerprint density at radius 1 is 1.31 bits per heavy atom. The summed E-state index contributed by atoms with van der Waals surface area (Å²) in [5.74, 6) is 1.13. The second kappa shape index (κ2) is 10.0. The molecule has 7 heteroatoms. The summed E-state index contributed by atoms with van der Waals surface area (Å²) in [6, 6.07) is 11.6. The molecule has 2 aromatic rings. The molecule has 1 heterocycles. The number of nitrogens with zero attached hydrogens (tertiary/aromatic N) is 2. The van der Waals surface area contributed by atoms with Crippen molar-refractivity contribution in [1.29, 1.82) is 0 Å². The number of anilines is 1. The van der Waals surface area contributed by atoms with Crippen LogP contribution in [0.1, 0.15) is 31.6 Å². The molecule has 0 radical (unpaired) electrons. The largest absolute Gasteiger partial charge is 0.360 e. The van der Waals surface area contributed by atoms with Gasteiger partial charge >= 0.3 is 0 Å². The van der Waals surface area contributed by atoms with Crippen molar-refractivity contribution >= 4 is 29.4 Å². The number of thioether (sulfide) groups is 1. The zero-order chi connectivity index (χ0) is 18.9. The first-order chi connectivity index (χ1) is 12.5. The molecular formula is C19H25N3O3S. The molecule has 0 aliphatic heterocycles. The topological polar surface area (TPSA) is 75.4 Å². The maximum absolute atomic E-state index is 12.6. The van der Waals surface area contributed by atoms with Gasteiger partial charge in [0.15, 0.2) is 5.82 Å². The minimum absolute atomic E-state index is 0.0395. The van der Waals surface area contributed by atoms with Crippen LogP contribution in [0.5, 0.6) is 0 Å². The molecule has 6 nitrogen and oxygen atoms in total. The van der Waals surface area contributed by atoms with Crippen LogP contribution in [-0.2, 0) is 16.1 Å². The van der Waals surface area contributed by atoms with E-state index in [0.29, 0.717) is 24.7 Å². The second-order valence-electron chi connectivity index (χ2n) is 6.07. The van der Waals surface area contributed by atoms with Gasteiger partial charge in [-0.25, -0.2) is 0 Å². The first-order valence-electron chi connectivity index (χ1n) is 8.67. The molecule has 1 aromatic carbocycles. The first kappa shape index (κ1) is 20.0. The third-order valence-corrected chi connectivity index (χ3v) is 4.90. The van der Waals surface area contributed by atoms with Gasteiger partial charge in [0.05, 0.1) is 11.0 Å². The van der Waals surface area contributed by atoms with E-state index in [-0.39, 0.29) is 22.8 Å². The van der Waals surface area contributed by atoms with E-state index in [4.69, 9.17) is 4.52 Å². The van der Waals surface area contributed by atoms with E-state index < -0.39 is 0 Å². The minimum Gasteiger partial charge on any atom is -0.360 e. The Hall–Kier alpha value is -2.28. The van der Waals surface area contributed by atoms with Crippen LogP contribution in [0.3, 0.4) is 0 Å². The second-order valence-corrected chi connectivity index (χ2v) is 7.40. The number of aromatic nitrogens is 1. The lowest BCUT2D eigenvalue weighted by atomic mass is 10.2. The van der Waals surface area contributed by atoms with Crippen molar-refractivity contribution in [3.05, 3.63) is 47.7 Å². The summed E-state index contributed by atoms with van der Waals surface area (Å²) in [7, 11) is 0. The fourth-order valence-electron chi connectivity index (χ4n) is 2.38. The lowest BCUT2D eigenvalue weighted by Gasteiger charge is -2.23. The van der Waals surface area contributed by atoms with Crippen molar-refractivity contribution in [2.24, 2.45) is 0 Å². The number of benzene rings is 1. The Morgan fingerprint density at radius 2 is 2.04 bits per heavy atom. The number of hydrogen-bond donors (Lipinski definition) is 1. The highest BCUT2D eigenvalue weighted by Crippen LogP contribution is 2.16. The molecule has 0 spiro atoms. The molecule has 2 amide bonds. The fraction of sp³-hybridized carbons (Fsp3) is 0.421. The third kappa shape index (κ3) is 6.22. The summed E-state index contributed by atoms with van der Waals surface area (Å²) in [5.41, 5.74) is 1.10. The molecule has 1 N–H and O–H groups in total. The summed E-state index contributed by atoms with van der Waals surface area (Å²) in [6.45, 7) is 6.88. The van der Waals surface area contributed by atoms with E-state index in [1.807, 2.05) is 42.2 Å². The summed E-state index contributed by atoms with van der Waals surface area (Å²) >= 11 is 1.32. The number of amides is 2. The van der Waals surface area contributed by atoms with E-state index in [2.05, 4.69) is 10.5 Å². The molecule has 140 valence electrons. The van der Waals surface area contributed by atoms with Crippen molar-refractivity contribution in [1.82, 2.24) is 10.1 Å². The van der Waals surface area contributed by atoms with Gasteiger partial charge in [0.25, 0.3) is 0 Å². The molecule has 0 saturated carbocycles. The average molecular weight is 375 g/mol. The van der Waals surface area contributed by atoms with Crippen LogP contribution in [0, 0.1) is 6.92 Å². The van der Waals surface area contributed by atoms with Gasteiger partial charge in [-0.2, -0.15) is 0 Å². The minimum atomic E-state index is -0.365. The van der Waals surface area contributed by atoms with E-state index in [1.54, 1.807) is 19.9 Å². The lowest BCUT2D eigenvalue weighted by Crippen LogP contribution is -2.34. The van der Waals surface area contributed by atoms with Gasteiger partial charge in [0, 0.05) is 19.2 Å². The SMILES string of the molecule is CCCN(Cc1ccccc1)C(=O)CS[C@H](C)C(=O)Nc1cc(C)on1. The molecular weight excluding hydrogens is 350 g/mol. The Kier molecular flexibility index (Phi) is 7.72. The van der Waals surface area contributed by atoms with Crippen LogP contribution in [0.4, 0.5) is 5.82 Å². The number of aryl methyl sites for hydroxylation is 1. The van der Waals surface area contributed by atoms with Crippen molar-refractivity contribution in [3.8, 4) is 0 Å².